The summed E-state index contributed by atoms with van der Waals surface area (Å²) >= 11 is 1.37. The Morgan fingerprint density at radius 2 is 2.08 bits per heavy atom. The molecule has 130 valence electrons. The van der Waals surface area contributed by atoms with E-state index < -0.39 is 9.84 Å². The fourth-order valence-corrected chi connectivity index (χ4v) is 5.83. The van der Waals surface area contributed by atoms with Gasteiger partial charge in [0.25, 0.3) is 5.91 Å². The van der Waals surface area contributed by atoms with E-state index in [4.69, 9.17) is 0 Å². The number of carbonyl (C=O) groups is 1. The number of nitrogens with one attached hydrogen (secondary N) is 1. The molecule has 3 aromatic rings. The molecule has 1 aliphatic heterocycles. The van der Waals surface area contributed by atoms with E-state index in [1.165, 1.54) is 11.3 Å². The van der Waals surface area contributed by atoms with Gasteiger partial charge in [-0.05, 0) is 31.5 Å². The molecule has 1 aromatic carbocycles. The molecule has 1 N–H and O–H groups in total. The number of fused-ring (bicyclic) bond motifs is 1. The van der Waals surface area contributed by atoms with E-state index in [0.717, 1.165) is 21.6 Å². The van der Waals surface area contributed by atoms with Crippen LogP contribution in [0.5, 0.6) is 0 Å². The lowest BCUT2D eigenvalue weighted by Crippen LogP contribution is -2.35. The van der Waals surface area contributed by atoms with Gasteiger partial charge in [-0.3, -0.25) is 4.79 Å². The highest BCUT2D eigenvalue weighted by Crippen LogP contribution is 2.30. The van der Waals surface area contributed by atoms with E-state index in [1.807, 2.05) is 48.0 Å². The van der Waals surface area contributed by atoms with Crippen LogP contribution < -0.4 is 5.32 Å². The van der Waals surface area contributed by atoms with Gasteiger partial charge in [-0.1, -0.05) is 18.2 Å². The molecule has 4 rings (SSSR count). The summed E-state index contributed by atoms with van der Waals surface area (Å²) < 4.78 is 24.9. The van der Waals surface area contributed by atoms with Crippen LogP contribution in [0.15, 0.2) is 36.4 Å². The maximum absolute atomic E-state index is 12.5. The zero-order valence-corrected chi connectivity index (χ0v) is 15.2. The van der Waals surface area contributed by atoms with Crippen LogP contribution in [-0.2, 0) is 9.84 Å². The molecular weight excluding hydrogens is 358 g/mol. The molecule has 0 radical (unpaired) electrons. The third kappa shape index (κ3) is 3.07. The fourth-order valence-electron chi connectivity index (χ4n) is 3.07. The Labute approximate surface area is 149 Å². The number of amides is 1. The van der Waals surface area contributed by atoms with Crippen molar-refractivity contribution in [2.75, 3.05) is 11.5 Å². The maximum Gasteiger partial charge on any atom is 0.261 e. The largest absolute Gasteiger partial charge is 0.348 e. The molecule has 0 aliphatic carbocycles. The Bertz CT molecular complexity index is 1050. The van der Waals surface area contributed by atoms with Gasteiger partial charge in [0, 0.05) is 11.4 Å². The van der Waals surface area contributed by atoms with Gasteiger partial charge in [-0.15, -0.1) is 11.3 Å². The van der Waals surface area contributed by atoms with E-state index >= 15 is 0 Å². The molecule has 1 aliphatic rings. The van der Waals surface area contributed by atoms with Gasteiger partial charge >= 0.3 is 0 Å². The minimum Gasteiger partial charge on any atom is -0.348 e. The van der Waals surface area contributed by atoms with E-state index in [2.05, 4.69) is 10.4 Å². The van der Waals surface area contributed by atoms with Crippen molar-refractivity contribution in [3.05, 3.63) is 47.0 Å². The SMILES string of the molecule is Cc1nn(-c2ccccc2)c2sc(C(=O)N[C@H]3CCS(=O)(=O)C3)cc12. The third-order valence-corrected chi connectivity index (χ3v) is 7.21. The van der Waals surface area contributed by atoms with Crippen molar-refractivity contribution < 1.29 is 13.2 Å². The molecule has 0 bridgehead atoms. The molecule has 1 atom stereocenters. The molecule has 8 heteroatoms. The standard InChI is InChI=1S/C17H17N3O3S2/c1-11-14-9-15(16(21)18-12-7-8-25(22,23)10-12)24-17(14)20(19-11)13-5-3-2-4-6-13/h2-6,9,12H,7-8,10H2,1H3,(H,18,21)/t12-/m0/s1. The average Bonchev–Trinajstić information content (AvgIpc) is 3.24. The summed E-state index contributed by atoms with van der Waals surface area (Å²) in [5.41, 5.74) is 1.80. The predicted molar refractivity (Wildman–Crippen MR) is 98.2 cm³/mol. The van der Waals surface area contributed by atoms with Crippen molar-refractivity contribution in [3.8, 4) is 5.69 Å². The summed E-state index contributed by atoms with van der Waals surface area (Å²) in [6.45, 7) is 1.92. The minimum atomic E-state index is -3.01. The number of thiophene rings is 1. The van der Waals surface area contributed by atoms with Gasteiger partial charge in [0.2, 0.25) is 0 Å². The van der Waals surface area contributed by atoms with Crippen LogP contribution in [0.1, 0.15) is 21.8 Å². The number of para-hydroxylation sites is 1. The van der Waals surface area contributed by atoms with Crippen molar-refractivity contribution in [3.63, 3.8) is 0 Å². The first-order valence-electron chi connectivity index (χ1n) is 7.99. The first-order chi connectivity index (χ1) is 11.9. The van der Waals surface area contributed by atoms with Crippen molar-refractivity contribution in [2.24, 2.45) is 0 Å². The van der Waals surface area contributed by atoms with Crippen molar-refractivity contribution in [1.29, 1.82) is 0 Å². The Morgan fingerprint density at radius 3 is 2.76 bits per heavy atom. The van der Waals surface area contributed by atoms with E-state index in [-0.39, 0.29) is 23.5 Å². The van der Waals surface area contributed by atoms with E-state index in [1.54, 1.807) is 0 Å². The fraction of sp³-hybridized carbons (Fsp3) is 0.294. The van der Waals surface area contributed by atoms with Gasteiger partial charge in [-0.25, -0.2) is 13.1 Å². The number of aromatic nitrogens is 2. The van der Waals surface area contributed by atoms with Crippen molar-refractivity contribution in [2.45, 2.75) is 19.4 Å². The molecule has 0 saturated carbocycles. The quantitative estimate of drug-likeness (QED) is 0.762. The molecule has 2 aromatic heterocycles. The van der Waals surface area contributed by atoms with Crippen LogP contribution in [0.3, 0.4) is 0 Å². The Morgan fingerprint density at radius 1 is 1.32 bits per heavy atom. The normalized spacial score (nSPS) is 19.3. The molecule has 0 spiro atoms. The number of benzene rings is 1. The first-order valence-corrected chi connectivity index (χ1v) is 10.6. The monoisotopic (exact) mass is 375 g/mol. The topological polar surface area (TPSA) is 81.1 Å². The lowest BCUT2D eigenvalue weighted by Gasteiger charge is -2.09. The summed E-state index contributed by atoms with van der Waals surface area (Å²) in [5.74, 6) is -0.0466. The first kappa shape index (κ1) is 16.3. The van der Waals surface area contributed by atoms with Gasteiger partial charge < -0.3 is 5.32 Å². The lowest BCUT2D eigenvalue weighted by atomic mass is 10.2. The summed E-state index contributed by atoms with van der Waals surface area (Å²) in [6, 6.07) is 11.3. The summed E-state index contributed by atoms with van der Waals surface area (Å²) in [7, 11) is -3.01. The average molecular weight is 375 g/mol. The maximum atomic E-state index is 12.5. The highest BCUT2D eigenvalue weighted by molar-refractivity contribution is 7.91. The van der Waals surface area contributed by atoms with Crippen LogP contribution in [0.2, 0.25) is 0 Å². The van der Waals surface area contributed by atoms with Crippen LogP contribution in [0, 0.1) is 6.92 Å². The minimum absolute atomic E-state index is 0.0282. The lowest BCUT2D eigenvalue weighted by molar-refractivity contribution is 0.0945. The second kappa shape index (κ2) is 5.96. The summed E-state index contributed by atoms with van der Waals surface area (Å²) in [4.78, 5) is 14.0. The highest BCUT2D eigenvalue weighted by Gasteiger charge is 2.29. The molecule has 1 amide bonds. The van der Waals surface area contributed by atoms with Crippen LogP contribution in [0.25, 0.3) is 15.9 Å². The van der Waals surface area contributed by atoms with E-state index in [0.29, 0.717) is 11.3 Å². The number of sulfone groups is 1. The zero-order valence-electron chi connectivity index (χ0n) is 13.6. The van der Waals surface area contributed by atoms with Gasteiger partial charge in [0.05, 0.1) is 27.8 Å². The molecule has 1 saturated heterocycles. The van der Waals surface area contributed by atoms with Gasteiger partial charge in [-0.2, -0.15) is 5.10 Å². The number of nitrogens with zero attached hydrogens (tertiary/aromatic N) is 2. The Kier molecular flexibility index (Phi) is 3.88. The number of hydrogen-bond acceptors (Lipinski definition) is 5. The van der Waals surface area contributed by atoms with Crippen LogP contribution >= 0.6 is 11.3 Å². The van der Waals surface area contributed by atoms with Gasteiger partial charge in [0.15, 0.2) is 9.84 Å². The molecule has 3 heterocycles. The molecule has 1 fully saturated rings. The van der Waals surface area contributed by atoms with Crippen LogP contribution in [-0.4, -0.2) is 41.7 Å². The third-order valence-electron chi connectivity index (χ3n) is 4.34. The Hall–Kier alpha value is -2.19. The predicted octanol–water partition coefficient (Wildman–Crippen LogP) is 2.31. The van der Waals surface area contributed by atoms with Crippen molar-refractivity contribution >= 4 is 37.3 Å². The second-order valence-corrected chi connectivity index (χ2v) is 9.50. The number of carbonyl (C=O) groups excluding carboxylic acids is 1. The van der Waals surface area contributed by atoms with E-state index in [9.17, 15) is 13.2 Å². The molecule has 0 unspecified atom stereocenters. The number of rotatable bonds is 3. The summed E-state index contributed by atoms with van der Waals surface area (Å²) in [6.07, 6.45) is 0.482. The molecule has 25 heavy (non-hydrogen) atoms. The smallest absolute Gasteiger partial charge is 0.261 e. The second-order valence-electron chi connectivity index (χ2n) is 6.24. The zero-order chi connectivity index (χ0) is 17.6. The molecular formula is C17H17N3O3S2. The number of hydrogen-bond donors (Lipinski definition) is 1. The number of aryl methyl sites for hydroxylation is 1. The summed E-state index contributed by atoms with van der Waals surface area (Å²) in [5, 5.41) is 8.34. The highest BCUT2D eigenvalue weighted by atomic mass is 32.2. The molecule has 6 nitrogen and oxygen atoms in total. The van der Waals surface area contributed by atoms with Crippen LogP contribution in [0.4, 0.5) is 0 Å². The van der Waals surface area contributed by atoms with Crippen molar-refractivity contribution in [1.82, 2.24) is 15.1 Å². The van der Waals surface area contributed by atoms with Gasteiger partial charge in [0.1, 0.15) is 4.83 Å². The Balaban J connectivity index is 1.64.